The van der Waals surface area contributed by atoms with E-state index >= 15 is 0 Å². The van der Waals surface area contributed by atoms with Gasteiger partial charge in [0.1, 0.15) is 5.82 Å². The molecule has 8 nitrogen and oxygen atoms in total. The largest absolute Gasteiger partial charge is 0.872 e. The minimum Gasteiger partial charge on any atom is -0.872 e. The summed E-state index contributed by atoms with van der Waals surface area (Å²) in [5, 5.41) is 31.4. The lowest BCUT2D eigenvalue weighted by Crippen LogP contribution is -2.02. The molecule has 1 aromatic heterocycles. The summed E-state index contributed by atoms with van der Waals surface area (Å²) in [7, 11) is 0. The summed E-state index contributed by atoms with van der Waals surface area (Å²) in [6.07, 6.45) is 5.78. The molecule has 0 unspecified atom stereocenters. The molecule has 2 heterocycles. The summed E-state index contributed by atoms with van der Waals surface area (Å²) in [5.74, 6) is 1.58. The van der Waals surface area contributed by atoms with Gasteiger partial charge in [0.05, 0.1) is 10.6 Å². The van der Waals surface area contributed by atoms with E-state index in [4.69, 9.17) is 0 Å². The number of benzene rings is 2. The van der Waals surface area contributed by atoms with Gasteiger partial charge >= 0.3 is 0 Å². The number of hydrogen-bond donors (Lipinski definition) is 0. The van der Waals surface area contributed by atoms with Crippen molar-refractivity contribution >= 4 is 17.6 Å². The molecule has 0 bridgehead atoms. The van der Waals surface area contributed by atoms with E-state index in [9.17, 15) is 15.2 Å². The molecule has 0 saturated carbocycles. The summed E-state index contributed by atoms with van der Waals surface area (Å²) in [5.41, 5.74) is 1.65. The second-order valence-electron chi connectivity index (χ2n) is 6.69. The molecule has 1 aliphatic rings. The van der Waals surface area contributed by atoms with E-state index in [1.807, 2.05) is 24.3 Å². The lowest BCUT2D eigenvalue weighted by Gasteiger charge is -2.09. The molecular weight excluding hydrogens is 358 g/mol. The number of nitro benzene ring substituents is 1. The lowest BCUT2D eigenvalue weighted by atomic mass is 10.1. The molecule has 2 aromatic carbocycles. The fraction of sp³-hybridized carbons (Fsp3) is 0.250. The SMILES string of the molecule is O=[N+]([O-])c1ccc([O-])c(C=Nc2ccc(-c3nnc4n3CCCCC4)cc2)c1. The molecule has 8 heteroatoms. The summed E-state index contributed by atoms with van der Waals surface area (Å²) < 4.78 is 2.18. The molecule has 0 radical (unpaired) electrons. The first-order valence-corrected chi connectivity index (χ1v) is 9.14. The monoisotopic (exact) mass is 376 g/mol. The average molecular weight is 376 g/mol. The van der Waals surface area contributed by atoms with Crippen molar-refractivity contribution in [3.05, 3.63) is 64.0 Å². The Hall–Kier alpha value is -3.55. The van der Waals surface area contributed by atoms with E-state index in [1.54, 1.807) is 0 Å². The zero-order chi connectivity index (χ0) is 19.5. The van der Waals surface area contributed by atoms with Crippen molar-refractivity contribution in [3.8, 4) is 17.1 Å². The van der Waals surface area contributed by atoms with Crippen LogP contribution < -0.4 is 5.11 Å². The quantitative estimate of drug-likeness (QED) is 0.394. The molecular formula is C20H18N5O3-. The predicted molar refractivity (Wildman–Crippen MR) is 103 cm³/mol. The Kier molecular flexibility index (Phi) is 4.84. The first kappa shape index (κ1) is 17.8. The number of aryl methyl sites for hydroxylation is 1. The number of fused-ring (bicyclic) bond motifs is 1. The van der Waals surface area contributed by atoms with Gasteiger partial charge in [0.15, 0.2) is 5.82 Å². The van der Waals surface area contributed by atoms with Crippen LogP contribution in [-0.4, -0.2) is 25.9 Å². The van der Waals surface area contributed by atoms with Crippen LogP contribution >= 0.6 is 0 Å². The van der Waals surface area contributed by atoms with Crippen LogP contribution in [0.1, 0.15) is 30.7 Å². The Balaban J connectivity index is 1.56. The Bertz CT molecular complexity index is 1040. The molecule has 0 fully saturated rings. The maximum absolute atomic E-state index is 11.9. The molecule has 0 N–H and O–H groups in total. The van der Waals surface area contributed by atoms with Gasteiger partial charge in [-0.3, -0.25) is 15.1 Å². The third kappa shape index (κ3) is 3.62. The van der Waals surface area contributed by atoms with Crippen LogP contribution in [0.5, 0.6) is 5.75 Å². The molecule has 1 aliphatic heterocycles. The molecule has 0 amide bonds. The van der Waals surface area contributed by atoms with E-state index < -0.39 is 4.92 Å². The second-order valence-corrected chi connectivity index (χ2v) is 6.69. The third-order valence-electron chi connectivity index (χ3n) is 4.79. The van der Waals surface area contributed by atoms with Gasteiger partial charge in [-0.15, -0.1) is 10.2 Å². The summed E-state index contributed by atoms with van der Waals surface area (Å²) in [6.45, 7) is 0.927. The zero-order valence-corrected chi connectivity index (χ0v) is 15.1. The minimum atomic E-state index is -0.535. The van der Waals surface area contributed by atoms with Crippen molar-refractivity contribution in [3.63, 3.8) is 0 Å². The predicted octanol–water partition coefficient (Wildman–Crippen LogP) is 3.40. The molecule has 142 valence electrons. The summed E-state index contributed by atoms with van der Waals surface area (Å²) in [4.78, 5) is 14.6. The minimum absolute atomic E-state index is 0.135. The van der Waals surface area contributed by atoms with E-state index in [0.717, 1.165) is 43.0 Å². The van der Waals surface area contributed by atoms with Crippen molar-refractivity contribution in [1.82, 2.24) is 14.8 Å². The summed E-state index contributed by atoms with van der Waals surface area (Å²) in [6, 6.07) is 11.1. The molecule has 4 rings (SSSR count). The number of aliphatic imine (C=N–C) groups is 1. The Morgan fingerprint density at radius 2 is 1.89 bits per heavy atom. The fourth-order valence-corrected chi connectivity index (χ4v) is 3.29. The highest BCUT2D eigenvalue weighted by Gasteiger charge is 2.15. The van der Waals surface area contributed by atoms with E-state index in [0.29, 0.717) is 5.69 Å². The summed E-state index contributed by atoms with van der Waals surface area (Å²) >= 11 is 0. The molecule has 3 aromatic rings. The van der Waals surface area contributed by atoms with Crippen molar-refractivity contribution < 1.29 is 10.0 Å². The van der Waals surface area contributed by atoms with E-state index in [1.165, 1.54) is 30.8 Å². The van der Waals surface area contributed by atoms with Gasteiger partial charge in [-0.05, 0) is 42.7 Å². The van der Waals surface area contributed by atoms with Crippen LogP contribution in [0.4, 0.5) is 11.4 Å². The van der Waals surface area contributed by atoms with Gasteiger partial charge in [0.2, 0.25) is 0 Å². The van der Waals surface area contributed by atoms with Crippen molar-refractivity contribution in [2.75, 3.05) is 0 Å². The van der Waals surface area contributed by atoms with Gasteiger partial charge in [-0.2, -0.15) is 0 Å². The first-order valence-electron chi connectivity index (χ1n) is 9.14. The normalized spacial score (nSPS) is 14.0. The van der Waals surface area contributed by atoms with Crippen LogP contribution in [0.25, 0.3) is 11.4 Å². The number of rotatable bonds is 4. The Morgan fingerprint density at radius 1 is 1.07 bits per heavy atom. The second kappa shape index (κ2) is 7.59. The molecule has 28 heavy (non-hydrogen) atoms. The fourth-order valence-electron chi connectivity index (χ4n) is 3.29. The van der Waals surface area contributed by atoms with Crippen LogP contribution in [-0.2, 0) is 13.0 Å². The van der Waals surface area contributed by atoms with Crippen LogP contribution in [0, 0.1) is 10.1 Å². The first-order chi connectivity index (χ1) is 13.6. The maximum Gasteiger partial charge on any atom is 0.270 e. The van der Waals surface area contributed by atoms with Gasteiger partial charge in [-0.25, -0.2) is 0 Å². The van der Waals surface area contributed by atoms with Crippen molar-refractivity contribution in [1.29, 1.82) is 0 Å². The molecule has 0 saturated heterocycles. The Morgan fingerprint density at radius 3 is 2.68 bits per heavy atom. The van der Waals surface area contributed by atoms with E-state index in [2.05, 4.69) is 19.8 Å². The zero-order valence-electron chi connectivity index (χ0n) is 15.1. The van der Waals surface area contributed by atoms with Crippen LogP contribution in [0.3, 0.4) is 0 Å². The molecule has 0 atom stereocenters. The number of aromatic nitrogens is 3. The topological polar surface area (TPSA) is 109 Å². The average Bonchev–Trinajstić information content (AvgIpc) is 2.95. The number of nitrogens with zero attached hydrogens (tertiary/aromatic N) is 5. The highest BCUT2D eigenvalue weighted by atomic mass is 16.6. The van der Waals surface area contributed by atoms with Crippen molar-refractivity contribution in [2.45, 2.75) is 32.2 Å². The number of hydrogen-bond acceptors (Lipinski definition) is 6. The maximum atomic E-state index is 11.9. The van der Waals surface area contributed by atoms with Crippen LogP contribution in [0.15, 0.2) is 47.5 Å². The molecule has 0 aliphatic carbocycles. The van der Waals surface area contributed by atoms with Gasteiger partial charge < -0.3 is 9.67 Å². The number of non-ortho nitro benzene ring substituents is 1. The van der Waals surface area contributed by atoms with Gasteiger partial charge in [-0.1, -0.05) is 18.2 Å². The highest BCUT2D eigenvalue weighted by Crippen LogP contribution is 2.25. The number of nitro groups is 1. The highest BCUT2D eigenvalue weighted by molar-refractivity contribution is 5.86. The Labute approximate surface area is 161 Å². The van der Waals surface area contributed by atoms with Gasteiger partial charge in [0.25, 0.3) is 5.69 Å². The van der Waals surface area contributed by atoms with Gasteiger partial charge in [0, 0.05) is 36.9 Å². The van der Waals surface area contributed by atoms with Crippen LogP contribution in [0.2, 0.25) is 0 Å². The third-order valence-corrected chi connectivity index (χ3v) is 4.79. The van der Waals surface area contributed by atoms with E-state index in [-0.39, 0.29) is 17.0 Å². The smallest absolute Gasteiger partial charge is 0.270 e. The standard InChI is InChI=1S/C20H19N5O3/c26-18-10-9-17(25(27)28)12-15(18)13-21-16-7-5-14(6-8-16)20-23-22-19-4-2-1-3-11-24(19)20/h5-10,12-13,26H,1-4,11H2/p-1. The molecule has 0 spiro atoms. The van der Waals surface area contributed by atoms with Crippen molar-refractivity contribution in [2.24, 2.45) is 4.99 Å². The lowest BCUT2D eigenvalue weighted by molar-refractivity contribution is -0.385.